The van der Waals surface area contributed by atoms with Crippen LogP contribution in [0.5, 0.6) is 0 Å². The topological polar surface area (TPSA) is 82.1 Å². The first-order valence-electron chi connectivity index (χ1n) is 10.4. The molecule has 2 aliphatic heterocycles. The minimum atomic E-state index is -1.09. The largest absolute Gasteiger partial charge is 0.498 e. The third kappa shape index (κ3) is 2.40. The van der Waals surface area contributed by atoms with Crippen LogP contribution in [-0.4, -0.2) is 46.9 Å². The predicted octanol–water partition coefficient (Wildman–Crippen LogP) is 2.77. The molecule has 0 bridgehead atoms. The zero-order chi connectivity index (χ0) is 20.5. The summed E-state index contributed by atoms with van der Waals surface area (Å²) in [5.41, 5.74) is -2.14. The average molecular weight is 392 g/mol. The minimum absolute atomic E-state index is 0.148. The molecule has 6 heteroatoms. The molecule has 4 aliphatic rings. The number of Topliss-reactive ketones (excluding diaryl/α,β-unsaturated/α-hetero) is 1. The van der Waals surface area contributed by atoms with Gasteiger partial charge < -0.3 is 19.3 Å². The van der Waals surface area contributed by atoms with E-state index in [1.807, 2.05) is 26.8 Å². The van der Waals surface area contributed by atoms with Gasteiger partial charge in [-0.15, -0.1) is 0 Å². The van der Waals surface area contributed by atoms with Crippen LogP contribution in [0.1, 0.15) is 60.3 Å². The number of ketones is 1. The molecule has 2 heterocycles. The van der Waals surface area contributed by atoms with Crippen molar-refractivity contribution in [1.29, 1.82) is 0 Å². The maximum atomic E-state index is 13.4. The summed E-state index contributed by atoms with van der Waals surface area (Å²) < 4.78 is 17.9. The smallest absolute Gasteiger partial charge is 0.302 e. The second-order valence-electron chi connectivity index (χ2n) is 10.1. The molecule has 2 saturated carbocycles. The highest BCUT2D eigenvalue weighted by atomic mass is 16.6. The number of aliphatic hydroxyl groups excluding tert-OH is 1. The molecule has 1 N–H and O–H groups in total. The van der Waals surface area contributed by atoms with E-state index in [1.165, 1.54) is 6.92 Å². The summed E-state index contributed by atoms with van der Waals surface area (Å²) in [6, 6.07) is 0. The van der Waals surface area contributed by atoms with Gasteiger partial charge in [0.15, 0.2) is 5.78 Å². The third-order valence-electron chi connectivity index (χ3n) is 8.30. The first kappa shape index (κ1) is 19.9. The summed E-state index contributed by atoms with van der Waals surface area (Å²) in [5.74, 6) is -1.25. The molecule has 0 amide bonds. The Morgan fingerprint density at radius 2 is 1.96 bits per heavy atom. The highest BCUT2D eigenvalue weighted by molar-refractivity contribution is 5.89. The van der Waals surface area contributed by atoms with Crippen molar-refractivity contribution in [3.8, 4) is 0 Å². The lowest BCUT2D eigenvalue weighted by atomic mass is 9.43. The monoisotopic (exact) mass is 392 g/mol. The number of ether oxygens (including phenoxy) is 3. The fourth-order valence-corrected chi connectivity index (χ4v) is 6.91. The molecule has 156 valence electrons. The zero-order valence-electron chi connectivity index (χ0n) is 17.5. The van der Waals surface area contributed by atoms with Crippen molar-refractivity contribution < 1.29 is 28.9 Å². The Morgan fingerprint density at radius 1 is 1.25 bits per heavy atom. The normalized spacial score (nSPS) is 49.3. The van der Waals surface area contributed by atoms with E-state index in [-0.39, 0.29) is 23.8 Å². The number of hydrogen-bond acceptors (Lipinski definition) is 6. The maximum Gasteiger partial charge on any atom is 0.302 e. The molecule has 0 aromatic carbocycles. The van der Waals surface area contributed by atoms with Crippen molar-refractivity contribution in [2.75, 3.05) is 6.61 Å². The van der Waals surface area contributed by atoms with Crippen LogP contribution >= 0.6 is 0 Å². The molecule has 2 spiro atoms. The van der Waals surface area contributed by atoms with Crippen molar-refractivity contribution in [2.45, 2.75) is 83.7 Å². The van der Waals surface area contributed by atoms with Gasteiger partial charge in [-0.05, 0) is 31.8 Å². The standard InChI is InChI=1S/C22H32O6/c1-13-16(24)17(25)18-19(3,4)15(27-14(2)23)6-7-20(18,5)22(13)9-8-21(28-22)10-11-26-12-21/h10-11,13,15-16,18,24H,6-9,12H2,1-5H3/t13-,15-,16-,18+,20+,21+,22-/m1/s1. The average Bonchev–Trinajstić information content (AvgIpc) is 3.23. The fourth-order valence-electron chi connectivity index (χ4n) is 6.91. The molecule has 3 fully saturated rings. The highest BCUT2D eigenvalue weighted by Crippen LogP contribution is 2.67. The zero-order valence-corrected chi connectivity index (χ0v) is 17.5. The number of aliphatic hydroxyl groups is 1. The molecule has 7 atom stereocenters. The van der Waals surface area contributed by atoms with Gasteiger partial charge in [0.2, 0.25) is 0 Å². The van der Waals surface area contributed by atoms with Crippen LogP contribution in [0.25, 0.3) is 0 Å². The number of carbonyl (C=O) groups is 2. The van der Waals surface area contributed by atoms with Crippen molar-refractivity contribution in [3.05, 3.63) is 12.3 Å². The van der Waals surface area contributed by atoms with E-state index in [2.05, 4.69) is 6.92 Å². The Hall–Kier alpha value is -1.40. The molecule has 4 rings (SSSR count). The first-order chi connectivity index (χ1) is 13.0. The summed E-state index contributed by atoms with van der Waals surface area (Å²) in [6.07, 6.45) is 5.20. The summed E-state index contributed by atoms with van der Waals surface area (Å²) in [7, 11) is 0. The molecular weight excluding hydrogens is 360 g/mol. The Bertz CT molecular complexity index is 729. The molecule has 6 nitrogen and oxygen atoms in total. The van der Waals surface area contributed by atoms with Gasteiger partial charge >= 0.3 is 5.97 Å². The van der Waals surface area contributed by atoms with Gasteiger partial charge in [0, 0.05) is 29.6 Å². The van der Waals surface area contributed by atoms with Crippen LogP contribution in [0.15, 0.2) is 12.3 Å². The Kier molecular flexibility index (Phi) is 4.30. The Balaban J connectivity index is 1.79. The van der Waals surface area contributed by atoms with Crippen molar-refractivity contribution >= 4 is 11.8 Å². The first-order valence-corrected chi connectivity index (χ1v) is 10.4. The van der Waals surface area contributed by atoms with Crippen LogP contribution in [0.4, 0.5) is 0 Å². The second-order valence-corrected chi connectivity index (χ2v) is 10.1. The molecule has 0 unspecified atom stereocenters. The summed E-state index contributed by atoms with van der Waals surface area (Å²) in [4.78, 5) is 25.0. The van der Waals surface area contributed by atoms with Gasteiger partial charge in [-0.3, -0.25) is 9.59 Å². The van der Waals surface area contributed by atoms with Gasteiger partial charge in [-0.1, -0.05) is 27.7 Å². The molecule has 0 aromatic heterocycles. The lowest BCUT2D eigenvalue weighted by molar-refractivity contribution is -0.263. The van der Waals surface area contributed by atoms with E-state index < -0.39 is 34.1 Å². The summed E-state index contributed by atoms with van der Waals surface area (Å²) in [5, 5.41) is 11.0. The number of esters is 1. The molecule has 0 radical (unpaired) electrons. The Morgan fingerprint density at radius 3 is 2.57 bits per heavy atom. The van der Waals surface area contributed by atoms with E-state index >= 15 is 0 Å². The lowest BCUT2D eigenvalue weighted by Crippen LogP contribution is -2.71. The summed E-state index contributed by atoms with van der Waals surface area (Å²) in [6.45, 7) is 9.93. The molecule has 0 aromatic rings. The van der Waals surface area contributed by atoms with Crippen LogP contribution < -0.4 is 0 Å². The van der Waals surface area contributed by atoms with Crippen molar-refractivity contribution in [3.63, 3.8) is 0 Å². The van der Waals surface area contributed by atoms with E-state index in [0.29, 0.717) is 19.4 Å². The second kappa shape index (κ2) is 6.05. The molecular formula is C22H32O6. The van der Waals surface area contributed by atoms with Gasteiger partial charge in [0.25, 0.3) is 0 Å². The SMILES string of the molecule is CC(=O)O[C@@H]1CC[C@@]2(C)[C@@H](C(=O)[C@H](O)[C@@H](C)[C@]23CC[C@@]2(C=COC2)O3)C1(C)C. The van der Waals surface area contributed by atoms with Gasteiger partial charge in [0.05, 0.1) is 11.9 Å². The predicted molar refractivity (Wildman–Crippen MR) is 101 cm³/mol. The number of hydrogen-bond donors (Lipinski definition) is 1. The molecule has 1 saturated heterocycles. The van der Waals surface area contributed by atoms with Crippen molar-refractivity contribution in [1.82, 2.24) is 0 Å². The van der Waals surface area contributed by atoms with E-state index in [4.69, 9.17) is 14.2 Å². The summed E-state index contributed by atoms with van der Waals surface area (Å²) >= 11 is 0. The van der Waals surface area contributed by atoms with Gasteiger partial charge in [0.1, 0.15) is 24.4 Å². The minimum Gasteiger partial charge on any atom is -0.498 e. The number of carbonyl (C=O) groups excluding carboxylic acids is 2. The van der Waals surface area contributed by atoms with Crippen LogP contribution in [0.2, 0.25) is 0 Å². The highest BCUT2D eigenvalue weighted by Gasteiger charge is 2.73. The van der Waals surface area contributed by atoms with Gasteiger partial charge in [-0.2, -0.15) is 0 Å². The maximum absolute atomic E-state index is 13.4. The van der Waals surface area contributed by atoms with Crippen LogP contribution in [-0.2, 0) is 23.8 Å². The van der Waals surface area contributed by atoms with Gasteiger partial charge in [-0.25, -0.2) is 0 Å². The fraction of sp³-hybridized carbons (Fsp3) is 0.818. The van der Waals surface area contributed by atoms with E-state index in [1.54, 1.807) is 6.26 Å². The third-order valence-corrected chi connectivity index (χ3v) is 8.30. The molecule has 2 aliphatic carbocycles. The lowest BCUT2D eigenvalue weighted by Gasteiger charge is -2.64. The Labute approximate surface area is 166 Å². The number of fused-ring (bicyclic) bond motifs is 2. The van der Waals surface area contributed by atoms with E-state index in [9.17, 15) is 14.7 Å². The van der Waals surface area contributed by atoms with Crippen LogP contribution in [0, 0.1) is 22.7 Å². The van der Waals surface area contributed by atoms with Crippen LogP contribution in [0.3, 0.4) is 0 Å². The number of rotatable bonds is 1. The van der Waals surface area contributed by atoms with E-state index in [0.717, 1.165) is 12.8 Å². The van der Waals surface area contributed by atoms with Crippen molar-refractivity contribution in [2.24, 2.45) is 22.7 Å². The quantitative estimate of drug-likeness (QED) is 0.691. The molecule has 28 heavy (non-hydrogen) atoms.